The van der Waals surface area contributed by atoms with Crippen molar-refractivity contribution in [2.24, 2.45) is 0 Å². The number of hydrogen-bond acceptors (Lipinski definition) is 3. The number of halogens is 1. The van der Waals surface area contributed by atoms with Crippen LogP contribution >= 0.6 is 11.6 Å². The highest BCUT2D eigenvalue weighted by atomic mass is 35.5. The summed E-state index contributed by atoms with van der Waals surface area (Å²) in [6.07, 6.45) is 1.59. The van der Waals surface area contributed by atoms with E-state index in [4.69, 9.17) is 11.6 Å². The molecule has 3 aliphatic rings. The molecule has 1 N–H and O–H groups in total. The predicted molar refractivity (Wildman–Crippen MR) is 82.0 cm³/mol. The molecule has 1 aromatic heterocycles. The van der Waals surface area contributed by atoms with Crippen LogP contribution in [-0.4, -0.2) is 41.1 Å². The van der Waals surface area contributed by atoms with Gasteiger partial charge in [0.05, 0.1) is 11.6 Å². The van der Waals surface area contributed by atoms with Crippen molar-refractivity contribution in [2.75, 3.05) is 19.6 Å². The lowest BCUT2D eigenvalue weighted by atomic mass is 9.87. The summed E-state index contributed by atoms with van der Waals surface area (Å²) in [4.78, 5) is 15.2. The minimum atomic E-state index is 0.209. The van der Waals surface area contributed by atoms with Gasteiger partial charge in [0.1, 0.15) is 0 Å². The third-order valence-electron chi connectivity index (χ3n) is 5.23. The second-order valence-electron chi connectivity index (χ2n) is 6.25. The zero-order valence-corrected chi connectivity index (χ0v) is 12.4. The smallest absolute Gasteiger partial charge is 0.233 e. The van der Waals surface area contributed by atoms with Crippen molar-refractivity contribution in [1.29, 1.82) is 0 Å². The molecule has 108 valence electrons. The van der Waals surface area contributed by atoms with E-state index in [0.717, 1.165) is 42.0 Å². The minimum absolute atomic E-state index is 0.209. The maximum Gasteiger partial charge on any atom is 0.233 e. The molecule has 21 heavy (non-hydrogen) atoms. The van der Waals surface area contributed by atoms with Gasteiger partial charge in [0.25, 0.3) is 0 Å². The number of hydrogen-bond donors (Lipinski definition) is 1. The minimum Gasteiger partial charge on any atom is -0.310 e. The average Bonchev–Trinajstić information content (AvgIpc) is 2.81. The summed E-state index contributed by atoms with van der Waals surface area (Å²) in [6.45, 7) is 3.13. The molecule has 1 aromatic carbocycles. The molecule has 1 fully saturated rings. The summed E-state index contributed by atoms with van der Waals surface area (Å²) in [7, 11) is 0. The summed E-state index contributed by atoms with van der Waals surface area (Å²) >= 11 is 6.18. The summed E-state index contributed by atoms with van der Waals surface area (Å²) in [5, 5.41) is 5.45. The standard InChI is InChI=1S/C16H16ClN3O/c17-9-1-2-13-11(7-9)10-3-5-19-6-4-18-12-8-14(21)20(13)15(10)16(12)19/h1-2,7,12,16,18H,3-6,8H2/t12-,16-/m1/s1. The summed E-state index contributed by atoms with van der Waals surface area (Å²) in [5.74, 6) is 0.209. The second-order valence-corrected chi connectivity index (χ2v) is 6.69. The van der Waals surface area contributed by atoms with Crippen LogP contribution in [0.25, 0.3) is 10.9 Å². The number of aromatic nitrogens is 1. The Morgan fingerprint density at radius 3 is 3.10 bits per heavy atom. The van der Waals surface area contributed by atoms with Crippen LogP contribution in [0.2, 0.25) is 5.02 Å². The van der Waals surface area contributed by atoms with Gasteiger partial charge in [-0.25, -0.2) is 0 Å². The molecule has 0 amide bonds. The lowest BCUT2D eigenvalue weighted by Gasteiger charge is -2.47. The molecule has 4 nitrogen and oxygen atoms in total. The van der Waals surface area contributed by atoms with Gasteiger partial charge < -0.3 is 5.32 Å². The first kappa shape index (κ1) is 12.2. The van der Waals surface area contributed by atoms with Crippen molar-refractivity contribution < 1.29 is 4.79 Å². The Morgan fingerprint density at radius 1 is 1.29 bits per heavy atom. The van der Waals surface area contributed by atoms with Gasteiger partial charge in [-0.3, -0.25) is 14.3 Å². The number of nitrogens with zero attached hydrogens (tertiary/aromatic N) is 2. The van der Waals surface area contributed by atoms with Crippen molar-refractivity contribution in [3.63, 3.8) is 0 Å². The molecular weight excluding hydrogens is 286 g/mol. The van der Waals surface area contributed by atoms with Gasteiger partial charge in [0.15, 0.2) is 0 Å². The molecule has 0 spiro atoms. The quantitative estimate of drug-likeness (QED) is 0.811. The third kappa shape index (κ3) is 1.50. The first-order valence-electron chi connectivity index (χ1n) is 7.57. The number of carbonyl (C=O) groups is 1. The maximum atomic E-state index is 12.7. The first-order chi connectivity index (χ1) is 10.2. The molecule has 3 aliphatic heterocycles. The highest BCUT2D eigenvalue weighted by Gasteiger charge is 2.44. The molecule has 2 aromatic rings. The molecule has 0 saturated carbocycles. The van der Waals surface area contributed by atoms with Crippen molar-refractivity contribution in [3.05, 3.63) is 34.5 Å². The van der Waals surface area contributed by atoms with E-state index in [0.29, 0.717) is 12.5 Å². The van der Waals surface area contributed by atoms with Crippen LogP contribution in [-0.2, 0) is 6.42 Å². The number of rotatable bonds is 0. The van der Waals surface area contributed by atoms with Gasteiger partial charge in [0.2, 0.25) is 5.91 Å². The Balaban J connectivity index is 1.87. The van der Waals surface area contributed by atoms with Crippen molar-refractivity contribution in [2.45, 2.75) is 24.9 Å². The normalized spacial score (nSPS) is 28.0. The average molecular weight is 302 g/mol. The van der Waals surface area contributed by atoms with Crippen molar-refractivity contribution in [1.82, 2.24) is 14.8 Å². The maximum absolute atomic E-state index is 12.7. The number of fused-ring (bicyclic) bond motifs is 3. The Morgan fingerprint density at radius 2 is 2.19 bits per heavy atom. The van der Waals surface area contributed by atoms with E-state index < -0.39 is 0 Å². The van der Waals surface area contributed by atoms with E-state index in [9.17, 15) is 4.79 Å². The second kappa shape index (κ2) is 4.09. The molecule has 5 rings (SSSR count). The summed E-state index contributed by atoms with van der Waals surface area (Å²) < 4.78 is 1.96. The molecule has 0 bridgehead atoms. The first-order valence-corrected chi connectivity index (χ1v) is 7.95. The topological polar surface area (TPSA) is 37.3 Å². The fourth-order valence-corrected chi connectivity index (χ4v) is 4.59. The van der Waals surface area contributed by atoms with E-state index >= 15 is 0 Å². The Labute approximate surface area is 127 Å². The highest BCUT2D eigenvalue weighted by molar-refractivity contribution is 6.31. The molecule has 0 unspecified atom stereocenters. The zero-order valence-electron chi connectivity index (χ0n) is 11.6. The largest absolute Gasteiger partial charge is 0.310 e. The van der Waals surface area contributed by atoms with Crippen LogP contribution in [0.15, 0.2) is 18.2 Å². The summed E-state index contributed by atoms with van der Waals surface area (Å²) in [5.41, 5.74) is 3.57. The number of benzene rings is 1. The van der Waals surface area contributed by atoms with Gasteiger partial charge in [0, 0.05) is 48.2 Å². The summed E-state index contributed by atoms with van der Waals surface area (Å²) in [6, 6.07) is 6.50. The van der Waals surface area contributed by atoms with E-state index in [2.05, 4.69) is 10.2 Å². The van der Waals surface area contributed by atoms with Crippen molar-refractivity contribution in [3.8, 4) is 0 Å². The monoisotopic (exact) mass is 301 g/mol. The van der Waals surface area contributed by atoms with Crippen LogP contribution in [0, 0.1) is 0 Å². The van der Waals surface area contributed by atoms with Crippen LogP contribution < -0.4 is 5.32 Å². The van der Waals surface area contributed by atoms with E-state index in [-0.39, 0.29) is 11.9 Å². The Bertz CT molecular complexity index is 781. The van der Waals surface area contributed by atoms with Crippen LogP contribution in [0.3, 0.4) is 0 Å². The van der Waals surface area contributed by atoms with Gasteiger partial charge in [-0.1, -0.05) is 11.6 Å². The Kier molecular flexibility index (Phi) is 2.38. The molecule has 0 radical (unpaired) electrons. The third-order valence-corrected chi connectivity index (χ3v) is 5.46. The fourth-order valence-electron chi connectivity index (χ4n) is 4.42. The van der Waals surface area contributed by atoms with Crippen LogP contribution in [0.1, 0.15) is 28.5 Å². The zero-order chi connectivity index (χ0) is 14.1. The van der Waals surface area contributed by atoms with Crippen LogP contribution in [0.5, 0.6) is 0 Å². The van der Waals surface area contributed by atoms with E-state index in [1.54, 1.807) is 0 Å². The van der Waals surface area contributed by atoms with Crippen LogP contribution in [0.4, 0.5) is 0 Å². The SMILES string of the molecule is O=C1C[C@H]2NCCN3CCc4c(n1c1ccc(Cl)cc41)[C@@H]23. The molecule has 2 atom stereocenters. The van der Waals surface area contributed by atoms with Gasteiger partial charge in [-0.15, -0.1) is 0 Å². The lowest BCUT2D eigenvalue weighted by molar-refractivity contribution is 0.0630. The fraction of sp³-hybridized carbons (Fsp3) is 0.438. The number of carbonyl (C=O) groups excluding carboxylic acids is 1. The van der Waals surface area contributed by atoms with Gasteiger partial charge in [-0.2, -0.15) is 0 Å². The lowest BCUT2D eigenvalue weighted by Crippen LogP contribution is -2.58. The van der Waals surface area contributed by atoms with Crippen molar-refractivity contribution >= 4 is 28.4 Å². The Hall–Kier alpha value is -1.36. The molecule has 1 saturated heterocycles. The molecule has 0 aliphatic carbocycles. The highest BCUT2D eigenvalue weighted by Crippen LogP contribution is 2.43. The van der Waals surface area contributed by atoms with Gasteiger partial charge >= 0.3 is 0 Å². The number of piperazine rings is 1. The number of nitrogens with one attached hydrogen (secondary N) is 1. The molecule has 4 heterocycles. The molecular formula is C16H16ClN3O. The van der Waals surface area contributed by atoms with E-state index in [1.165, 1.54) is 11.3 Å². The van der Waals surface area contributed by atoms with Gasteiger partial charge in [-0.05, 0) is 30.2 Å². The van der Waals surface area contributed by atoms with E-state index in [1.807, 2.05) is 22.8 Å². The molecule has 5 heteroatoms. The predicted octanol–water partition coefficient (Wildman–Crippen LogP) is 2.21.